The van der Waals surface area contributed by atoms with Crippen molar-refractivity contribution in [2.24, 2.45) is 10.8 Å². The van der Waals surface area contributed by atoms with Crippen molar-refractivity contribution in [1.82, 2.24) is 10.6 Å². The van der Waals surface area contributed by atoms with Gasteiger partial charge in [-0.15, -0.1) is 12.4 Å². The third-order valence-corrected chi connectivity index (χ3v) is 5.21. The van der Waals surface area contributed by atoms with Gasteiger partial charge in [0.1, 0.15) is 0 Å². The first kappa shape index (κ1) is 21.0. The Bertz CT molecular complexity index is 496. The summed E-state index contributed by atoms with van der Waals surface area (Å²) in [6.45, 7) is 9.35. The summed E-state index contributed by atoms with van der Waals surface area (Å²) in [4.78, 5) is 12.6. The molecule has 1 amide bonds. The van der Waals surface area contributed by atoms with E-state index in [1.165, 1.54) is 5.56 Å². The Morgan fingerprint density at radius 3 is 2.46 bits per heavy atom. The molecule has 1 fully saturated rings. The zero-order chi connectivity index (χ0) is 16.8. The lowest BCUT2D eigenvalue weighted by Crippen LogP contribution is -2.46. The van der Waals surface area contributed by atoms with Crippen molar-refractivity contribution in [3.8, 4) is 0 Å². The molecular formula is C20H33ClN2O. The molecule has 0 spiro atoms. The number of halogens is 1. The molecule has 0 saturated carbocycles. The Balaban J connectivity index is 0.00000288. The van der Waals surface area contributed by atoms with Gasteiger partial charge < -0.3 is 10.6 Å². The molecule has 136 valence electrons. The summed E-state index contributed by atoms with van der Waals surface area (Å²) in [7, 11) is 0. The lowest BCUT2D eigenvalue weighted by atomic mass is 9.80. The molecule has 0 aromatic heterocycles. The highest BCUT2D eigenvalue weighted by Gasteiger charge is 2.31. The quantitative estimate of drug-likeness (QED) is 0.779. The van der Waals surface area contributed by atoms with E-state index >= 15 is 0 Å². The van der Waals surface area contributed by atoms with Crippen molar-refractivity contribution in [1.29, 1.82) is 0 Å². The fraction of sp³-hybridized carbons (Fsp3) is 0.650. The number of hydrogen-bond acceptors (Lipinski definition) is 2. The van der Waals surface area contributed by atoms with E-state index < -0.39 is 0 Å². The molecular weight excluding hydrogens is 320 g/mol. The summed E-state index contributed by atoms with van der Waals surface area (Å²) in [6, 6.07) is 10.5. The van der Waals surface area contributed by atoms with Crippen molar-refractivity contribution in [3.63, 3.8) is 0 Å². The first-order valence-corrected chi connectivity index (χ1v) is 8.94. The van der Waals surface area contributed by atoms with Gasteiger partial charge >= 0.3 is 0 Å². The molecule has 1 aliphatic rings. The Morgan fingerprint density at radius 2 is 1.83 bits per heavy atom. The molecule has 0 bridgehead atoms. The van der Waals surface area contributed by atoms with E-state index in [4.69, 9.17) is 0 Å². The van der Waals surface area contributed by atoms with Crippen LogP contribution in [-0.2, 0) is 11.2 Å². The van der Waals surface area contributed by atoms with Gasteiger partial charge in [0.15, 0.2) is 0 Å². The van der Waals surface area contributed by atoms with Gasteiger partial charge in [-0.2, -0.15) is 0 Å². The number of nitrogens with one attached hydrogen (secondary N) is 2. The molecule has 0 atom stereocenters. The number of carbonyl (C=O) groups is 1. The van der Waals surface area contributed by atoms with Crippen LogP contribution in [0.5, 0.6) is 0 Å². The van der Waals surface area contributed by atoms with Gasteiger partial charge in [0.05, 0.1) is 0 Å². The SMILES string of the molecule is CC1(CNC(=O)C(C)(C)CCCc2ccccc2)CCNCC1.Cl. The number of benzene rings is 1. The predicted octanol–water partition coefficient (Wildman–Crippen LogP) is 3.96. The summed E-state index contributed by atoms with van der Waals surface area (Å²) in [5.74, 6) is 0.199. The molecule has 0 radical (unpaired) electrons. The second kappa shape index (κ2) is 9.43. The lowest BCUT2D eigenvalue weighted by molar-refractivity contribution is -0.130. The molecule has 1 aromatic rings. The Hall–Kier alpha value is -1.06. The van der Waals surface area contributed by atoms with Crippen LogP contribution in [0.25, 0.3) is 0 Å². The number of carbonyl (C=O) groups excluding carboxylic acids is 1. The van der Waals surface area contributed by atoms with E-state index in [-0.39, 0.29) is 29.1 Å². The van der Waals surface area contributed by atoms with E-state index in [2.05, 4.69) is 55.7 Å². The van der Waals surface area contributed by atoms with Crippen LogP contribution in [0.1, 0.15) is 52.0 Å². The number of piperidine rings is 1. The lowest BCUT2D eigenvalue weighted by Gasteiger charge is -2.35. The molecule has 1 aromatic carbocycles. The zero-order valence-electron chi connectivity index (χ0n) is 15.4. The maximum absolute atomic E-state index is 12.6. The van der Waals surface area contributed by atoms with Crippen molar-refractivity contribution in [3.05, 3.63) is 35.9 Å². The monoisotopic (exact) mass is 352 g/mol. The Labute approximate surface area is 153 Å². The van der Waals surface area contributed by atoms with Crippen LogP contribution in [-0.4, -0.2) is 25.5 Å². The van der Waals surface area contributed by atoms with Crippen molar-refractivity contribution < 1.29 is 4.79 Å². The van der Waals surface area contributed by atoms with Gasteiger partial charge in [-0.3, -0.25) is 4.79 Å². The number of aryl methyl sites for hydroxylation is 1. The predicted molar refractivity (Wildman–Crippen MR) is 104 cm³/mol. The second-order valence-corrected chi connectivity index (χ2v) is 7.97. The van der Waals surface area contributed by atoms with Gasteiger partial charge in [0, 0.05) is 12.0 Å². The van der Waals surface area contributed by atoms with E-state index in [1.807, 2.05) is 6.07 Å². The highest BCUT2D eigenvalue weighted by atomic mass is 35.5. The fourth-order valence-corrected chi connectivity index (χ4v) is 3.23. The van der Waals surface area contributed by atoms with E-state index in [1.54, 1.807) is 0 Å². The van der Waals surface area contributed by atoms with Crippen molar-refractivity contribution in [2.45, 2.75) is 52.9 Å². The van der Waals surface area contributed by atoms with Crippen LogP contribution in [0.15, 0.2) is 30.3 Å². The van der Waals surface area contributed by atoms with E-state index in [0.29, 0.717) is 0 Å². The molecule has 1 aliphatic heterocycles. The van der Waals surface area contributed by atoms with Crippen LogP contribution >= 0.6 is 12.4 Å². The minimum Gasteiger partial charge on any atom is -0.355 e. The van der Waals surface area contributed by atoms with Gasteiger partial charge in [-0.05, 0) is 56.2 Å². The third kappa shape index (κ3) is 6.45. The number of amides is 1. The largest absolute Gasteiger partial charge is 0.355 e. The minimum atomic E-state index is -0.294. The molecule has 1 saturated heterocycles. The van der Waals surface area contributed by atoms with Gasteiger partial charge in [0.25, 0.3) is 0 Å². The summed E-state index contributed by atoms with van der Waals surface area (Å²) >= 11 is 0. The van der Waals surface area contributed by atoms with Crippen LogP contribution in [0.2, 0.25) is 0 Å². The topological polar surface area (TPSA) is 41.1 Å². The summed E-state index contributed by atoms with van der Waals surface area (Å²) < 4.78 is 0. The van der Waals surface area contributed by atoms with Gasteiger partial charge in [-0.1, -0.05) is 51.1 Å². The minimum absolute atomic E-state index is 0. The average Bonchev–Trinajstić information content (AvgIpc) is 2.54. The highest BCUT2D eigenvalue weighted by molar-refractivity contribution is 5.85. The zero-order valence-corrected chi connectivity index (χ0v) is 16.2. The molecule has 1 heterocycles. The molecule has 2 N–H and O–H groups in total. The fourth-order valence-electron chi connectivity index (χ4n) is 3.23. The standard InChI is InChI=1S/C20H32N2O.ClH/c1-19(2,11-7-10-17-8-5-4-6-9-17)18(23)22-16-20(3)12-14-21-15-13-20;/h4-6,8-9,21H,7,10-16H2,1-3H3,(H,22,23);1H. The molecule has 24 heavy (non-hydrogen) atoms. The second-order valence-electron chi connectivity index (χ2n) is 7.97. The summed E-state index contributed by atoms with van der Waals surface area (Å²) in [6.07, 6.45) is 5.29. The summed E-state index contributed by atoms with van der Waals surface area (Å²) in [5, 5.41) is 6.60. The number of hydrogen-bond donors (Lipinski definition) is 2. The van der Waals surface area contributed by atoms with Crippen LogP contribution < -0.4 is 10.6 Å². The first-order valence-electron chi connectivity index (χ1n) is 8.94. The third-order valence-electron chi connectivity index (χ3n) is 5.21. The molecule has 4 heteroatoms. The van der Waals surface area contributed by atoms with Crippen LogP contribution in [0.3, 0.4) is 0 Å². The molecule has 0 unspecified atom stereocenters. The van der Waals surface area contributed by atoms with Crippen molar-refractivity contribution >= 4 is 18.3 Å². The van der Waals surface area contributed by atoms with Gasteiger partial charge in [-0.25, -0.2) is 0 Å². The van der Waals surface area contributed by atoms with Crippen molar-refractivity contribution in [2.75, 3.05) is 19.6 Å². The highest BCUT2D eigenvalue weighted by Crippen LogP contribution is 2.28. The van der Waals surface area contributed by atoms with Crippen LogP contribution in [0.4, 0.5) is 0 Å². The summed E-state index contributed by atoms with van der Waals surface area (Å²) in [5.41, 5.74) is 1.31. The number of rotatable bonds is 7. The molecule has 3 nitrogen and oxygen atoms in total. The maximum atomic E-state index is 12.6. The molecule has 0 aliphatic carbocycles. The molecule has 2 rings (SSSR count). The van der Waals surface area contributed by atoms with Crippen LogP contribution in [0, 0.1) is 10.8 Å². The maximum Gasteiger partial charge on any atom is 0.225 e. The van der Waals surface area contributed by atoms with Gasteiger partial charge in [0.2, 0.25) is 5.91 Å². The average molecular weight is 353 g/mol. The van der Waals surface area contributed by atoms with E-state index in [9.17, 15) is 4.79 Å². The normalized spacial score (nSPS) is 17.0. The smallest absolute Gasteiger partial charge is 0.225 e. The van der Waals surface area contributed by atoms with E-state index in [0.717, 1.165) is 51.7 Å². The Morgan fingerprint density at radius 1 is 1.21 bits per heavy atom. The Kier molecular flexibility index (Phi) is 8.24. The first-order chi connectivity index (χ1) is 10.9.